The number of hydrogen-bond acceptors (Lipinski definition) is 4. The van der Waals surface area contributed by atoms with Gasteiger partial charge < -0.3 is 20.1 Å². The molecule has 1 fully saturated rings. The lowest BCUT2D eigenvalue weighted by Crippen LogP contribution is -2.52. The zero-order chi connectivity index (χ0) is 14.5. The standard InChI is InChI=1S/C14H28N2O3/c1-6-13(2,3)16-12(17)9-18-8-11-7-15-10-14(4,5)19-11/h11,15H,6-10H2,1-5H3,(H,16,17). The molecule has 0 aromatic heterocycles. The first-order valence-electron chi connectivity index (χ1n) is 7.01. The molecule has 0 aromatic carbocycles. The minimum atomic E-state index is -0.175. The average molecular weight is 272 g/mol. The van der Waals surface area contributed by atoms with Crippen molar-refractivity contribution >= 4 is 5.91 Å². The lowest BCUT2D eigenvalue weighted by atomic mass is 10.0. The van der Waals surface area contributed by atoms with E-state index in [1.54, 1.807) is 0 Å². The summed E-state index contributed by atoms with van der Waals surface area (Å²) in [5, 5.41) is 6.24. The first-order valence-corrected chi connectivity index (χ1v) is 7.01. The molecule has 0 spiro atoms. The van der Waals surface area contributed by atoms with Gasteiger partial charge in [-0.1, -0.05) is 6.92 Å². The predicted molar refractivity (Wildman–Crippen MR) is 75.2 cm³/mol. The second kappa shape index (κ2) is 6.68. The summed E-state index contributed by atoms with van der Waals surface area (Å²) in [5.41, 5.74) is -0.343. The maximum atomic E-state index is 11.7. The van der Waals surface area contributed by atoms with Gasteiger partial charge in [-0.25, -0.2) is 0 Å². The molecule has 1 rings (SSSR count). The van der Waals surface area contributed by atoms with Crippen molar-refractivity contribution in [2.24, 2.45) is 0 Å². The second-order valence-electron chi connectivity index (χ2n) is 6.43. The van der Waals surface area contributed by atoms with Crippen molar-refractivity contribution in [1.82, 2.24) is 10.6 Å². The molecule has 0 radical (unpaired) electrons. The van der Waals surface area contributed by atoms with E-state index in [0.717, 1.165) is 19.5 Å². The van der Waals surface area contributed by atoms with Crippen LogP contribution < -0.4 is 10.6 Å². The average Bonchev–Trinajstić information content (AvgIpc) is 2.27. The summed E-state index contributed by atoms with van der Waals surface area (Å²) in [6.07, 6.45) is 0.901. The lowest BCUT2D eigenvalue weighted by Gasteiger charge is -2.36. The molecule has 1 unspecified atom stereocenters. The minimum Gasteiger partial charge on any atom is -0.369 e. The van der Waals surface area contributed by atoms with Crippen molar-refractivity contribution in [3.8, 4) is 0 Å². The maximum absolute atomic E-state index is 11.7. The summed E-state index contributed by atoms with van der Waals surface area (Å²) < 4.78 is 11.3. The fourth-order valence-corrected chi connectivity index (χ4v) is 1.95. The van der Waals surface area contributed by atoms with Crippen LogP contribution in [-0.4, -0.2) is 49.5 Å². The summed E-state index contributed by atoms with van der Waals surface area (Å²) in [4.78, 5) is 11.7. The summed E-state index contributed by atoms with van der Waals surface area (Å²) in [7, 11) is 0. The third-order valence-corrected chi connectivity index (χ3v) is 3.31. The van der Waals surface area contributed by atoms with Crippen molar-refractivity contribution < 1.29 is 14.3 Å². The molecule has 1 amide bonds. The van der Waals surface area contributed by atoms with Crippen LogP contribution in [0.3, 0.4) is 0 Å². The van der Waals surface area contributed by atoms with E-state index >= 15 is 0 Å². The third kappa shape index (κ3) is 6.36. The summed E-state index contributed by atoms with van der Waals surface area (Å²) in [6, 6.07) is 0. The fourth-order valence-electron chi connectivity index (χ4n) is 1.95. The summed E-state index contributed by atoms with van der Waals surface area (Å²) in [5.74, 6) is -0.0742. The SMILES string of the molecule is CCC(C)(C)NC(=O)COCC1CNCC(C)(C)O1. The Labute approximate surface area is 116 Å². The van der Waals surface area contributed by atoms with E-state index in [2.05, 4.69) is 10.6 Å². The van der Waals surface area contributed by atoms with Gasteiger partial charge in [0.05, 0.1) is 18.3 Å². The number of carbonyl (C=O) groups excluding carboxylic acids is 1. The number of hydrogen-bond donors (Lipinski definition) is 2. The van der Waals surface area contributed by atoms with Crippen molar-refractivity contribution in [3.05, 3.63) is 0 Å². The van der Waals surface area contributed by atoms with Crippen LogP contribution in [0.5, 0.6) is 0 Å². The van der Waals surface area contributed by atoms with Crippen LogP contribution in [0, 0.1) is 0 Å². The van der Waals surface area contributed by atoms with Gasteiger partial charge >= 0.3 is 0 Å². The number of amides is 1. The topological polar surface area (TPSA) is 59.6 Å². The molecule has 1 heterocycles. The van der Waals surface area contributed by atoms with Gasteiger partial charge in [0.2, 0.25) is 5.91 Å². The van der Waals surface area contributed by atoms with Crippen molar-refractivity contribution in [2.75, 3.05) is 26.3 Å². The Morgan fingerprint density at radius 1 is 1.53 bits per heavy atom. The molecule has 0 aromatic rings. The number of nitrogens with one attached hydrogen (secondary N) is 2. The molecule has 0 bridgehead atoms. The first-order chi connectivity index (χ1) is 8.74. The second-order valence-corrected chi connectivity index (χ2v) is 6.43. The van der Waals surface area contributed by atoms with E-state index in [9.17, 15) is 4.79 Å². The van der Waals surface area contributed by atoms with Crippen LogP contribution >= 0.6 is 0 Å². The van der Waals surface area contributed by atoms with E-state index in [4.69, 9.17) is 9.47 Å². The molecule has 1 aliphatic rings. The molecule has 112 valence electrons. The quantitative estimate of drug-likeness (QED) is 0.759. The van der Waals surface area contributed by atoms with Gasteiger partial charge in [0.15, 0.2) is 0 Å². The molecular weight excluding hydrogens is 244 g/mol. The Kier molecular flexibility index (Phi) is 5.77. The predicted octanol–water partition coefficient (Wildman–Crippen LogP) is 1.07. The zero-order valence-corrected chi connectivity index (χ0v) is 12.8. The largest absolute Gasteiger partial charge is 0.369 e. The summed E-state index contributed by atoms with van der Waals surface area (Å²) in [6.45, 7) is 12.3. The maximum Gasteiger partial charge on any atom is 0.246 e. The van der Waals surface area contributed by atoms with Gasteiger partial charge in [0, 0.05) is 18.6 Å². The highest BCUT2D eigenvalue weighted by atomic mass is 16.5. The molecule has 19 heavy (non-hydrogen) atoms. The normalized spacial score (nSPS) is 23.1. The monoisotopic (exact) mass is 272 g/mol. The van der Waals surface area contributed by atoms with Crippen LogP contribution in [0.25, 0.3) is 0 Å². The minimum absolute atomic E-state index is 0.00994. The molecule has 1 saturated heterocycles. The number of carbonyl (C=O) groups is 1. The van der Waals surface area contributed by atoms with Crippen molar-refractivity contribution in [2.45, 2.75) is 58.3 Å². The number of ether oxygens (including phenoxy) is 2. The van der Waals surface area contributed by atoms with E-state index in [0.29, 0.717) is 6.61 Å². The molecule has 5 heteroatoms. The first kappa shape index (κ1) is 16.4. The van der Waals surface area contributed by atoms with Gasteiger partial charge in [0.1, 0.15) is 6.61 Å². The third-order valence-electron chi connectivity index (χ3n) is 3.31. The number of morpholine rings is 1. The molecule has 2 N–H and O–H groups in total. The van der Waals surface area contributed by atoms with Crippen LogP contribution in [0.15, 0.2) is 0 Å². The van der Waals surface area contributed by atoms with Gasteiger partial charge in [-0.2, -0.15) is 0 Å². The Bertz CT molecular complexity index is 303. The smallest absolute Gasteiger partial charge is 0.246 e. The molecule has 1 atom stereocenters. The van der Waals surface area contributed by atoms with E-state index in [1.807, 2.05) is 34.6 Å². The molecule has 0 aliphatic carbocycles. The Morgan fingerprint density at radius 3 is 2.79 bits per heavy atom. The van der Waals surface area contributed by atoms with Crippen LogP contribution in [0.2, 0.25) is 0 Å². The van der Waals surface area contributed by atoms with Gasteiger partial charge in [-0.15, -0.1) is 0 Å². The Morgan fingerprint density at radius 2 is 2.21 bits per heavy atom. The highest BCUT2D eigenvalue weighted by molar-refractivity contribution is 5.77. The van der Waals surface area contributed by atoms with Crippen molar-refractivity contribution in [1.29, 1.82) is 0 Å². The Balaban J connectivity index is 2.21. The molecule has 5 nitrogen and oxygen atoms in total. The van der Waals surface area contributed by atoms with E-state index < -0.39 is 0 Å². The van der Waals surface area contributed by atoms with Crippen LogP contribution in [0.1, 0.15) is 41.0 Å². The molecular formula is C14H28N2O3. The molecule has 0 saturated carbocycles. The van der Waals surface area contributed by atoms with Crippen LogP contribution in [-0.2, 0) is 14.3 Å². The number of rotatable bonds is 6. The van der Waals surface area contributed by atoms with Gasteiger partial charge in [-0.3, -0.25) is 4.79 Å². The van der Waals surface area contributed by atoms with Crippen LogP contribution in [0.4, 0.5) is 0 Å². The highest BCUT2D eigenvalue weighted by Gasteiger charge is 2.28. The summed E-state index contributed by atoms with van der Waals surface area (Å²) >= 11 is 0. The van der Waals surface area contributed by atoms with Gasteiger partial charge in [0.25, 0.3) is 0 Å². The van der Waals surface area contributed by atoms with Crippen molar-refractivity contribution in [3.63, 3.8) is 0 Å². The molecule has 1 aliphatic heterocycles. The highest BCUT2D eigenvalue weighted by Crippen LogP contribution is 2.15. The lowest BCUT2D eigenvalue weighted by molar-refractivity contribution is -0.136. The van der Waals surface area contributed by atoms with Gasteiger partial charge in [-0.05, 0) is 34.1 Å². The van der Waals surface area contributed by atoms with E-state index in [-0.39, 0.29) is 29.8 Å². The Hall–Kier alpha value is -0.650. The van der Waals surface area contributed by atoms with E-state index in [1.165, 1.54) is 0 Å². The fraction of sp³-hybridized carbons (Fsp3) is 0.929. The zero-order valence-electron chi connectivity index (χ0n) is 12.8.